The second kappa shape index (κ2) is 9.63. The molecule has 136 valence electrons. The number of piperidine rings is 1. The van der Waals surface area contributed by atoms with E-state index in [-0.39, 0.29) is 24.4 Å². The highest BCUT2D eigenvalue weighted by molar-refractivity contribution is 7.99. The molecule has 8 heteroatoms. The predicted molar refractivity (Wildman–Crippen MR) is 100 cm³/mol. The molecule has 2 N–H and O–H groups in total. The third kappa shape index (κ3) is 5.10. The minimum absolute atomic E-state index is 0. The Bertz CT molecular complexity index is 518. The third-order valence-corrected chi connectivity index (χ3v) is 6.02. The summed E-state index contributed by atoms with van der Waals surface area (Å²) in [5.41, 5.74) is 0.453. The highest BCUT2D eigenvalue weighted by Gasteiger charge is 2.25. The van der Waals surface area contributed by atoms with Gasteiger partial charge < -0.3 is 10.6 Å². The molecule has 0 aromatic carbocycles. The Kier molecular flexibility index (Phi) is 7.84. The first-order valence-corrected chi connectivity index (χ1v) is 9.86. The molecule has 1 saturated heterocycles. The fourth-order valence-corrected chi connectivity index (χ4v) is 4.73. The maximum absolute atomic E-state index is 12.4. The molecular weight excluding hydrogens is 346 g/mol. The highest BCUT2D eigenvalue weighted by Crippen LogP contribution is 2.28. The van der Waals surface area contributed by atoms with Gasteiger partial charge in [-0.2, -0.15) is 11.8 Å². The van der Waals surface area contributed by atoms with Crippen molar-refractivity contribution >= 4 is 30.1 Å². The van der Waals surface area contributed by atoms with Gasteiger partial charge in [0.25, 0.3) is 5.91 Å². The molecule has 2 heterocycles. The Hall–Kier alpha value is -0.790. The highest BCUT2D eigenvalue weighted by atomic mass is 35.5. The molecule has 2 atom stereocenters. The normalized spacial score (nSPS) is 25.0. The zero-order chi connectivity index (χ0) is 16.1. The number of hydrogen-bond acceptors (Lipinski definition) is 5. The van der Waals surface area contributed by atoms with E-state index in [1.807, 2.05) is 22.6 Å². The number of halogens is 1. The lowest BCUT2D eigenvalue weighted by Gasteiger charge is -2.28. The van der Waals surface area contributed by atoms with Crippen LogP contribution in [0.2, 0.25) is 0 Å². The van der Waals surface area contributed by atoms with Crippen molar-refractivity contribution < 1.29 is 4.79 Å². The van der Waals surface area contributed by atoms with Crippen LogP contribution in [0.15, 0.2) is 6.20 Å². The van der Waals surface area contributed by atoms with Gasteiger partial charge in [0.15, 0.2) is 5.69 Å². The van der Waals surface area contributed by atoms with Gasteiger partial charge >= 0.3 is 0 Å². The van der Waals surface area contributed by atoms with Gasteiger partial charge in [0.2, 0.25) is 0 Å². The Morgan fingerprint density at radius 3 is 2.92 bits per heavy atom. The summed E-state index contributed by atoms with van der Waals surface area (Å²) in [4.78, 5) is 12.4. The molecule has 1 aromatic rings. The van der Waals surface area contributed by atoms with Crippen molar-refractivity contribution in [2.45, 2.75) is 62.8 Å². The number of amides is 1. The Balaban J connectivity index is 0.00000208. The zero-order valence-corrected chi connectivity index (χ0v) is 15.9. The Morgan fingerprint density at radius 2 is 2.17 bits per heavy atom. The van der Waals surface area contributed by atoms with Crippen LogP contribution in [0.4, 0.5) is 0 Å². The van der Waals surface area contributed by atoms with Crippen LogP contribution in [0.5, 0.6) is 0 Å². The second-order valence-electron chi connectivity index (χ2n) is 6.48. The maximum Gasteiger partial charge on any atom is 0.273 e. The molecule has 0 bridgehead atoms. The zero-order valence-electron chi connectivity index (χ0n) is 14.2. The summed E-state index contributed by atoms with van der Waals surface area (Å²) in [5, 5.41) is 15.4. The lowest BCUT2D eigenvalue weighted by atomic mass is 9.95. The Labute approximate surface area is 154 Å². The number of carbonyl (C=O) groups excluding carboxylic acids is 1. The number of nitrogens with zero attached hydrogens (tertiary/aromatic N) is 3. The van der Waals surface area contributed by atoms with Gasteiger partial charge in [-0.15, -0.1) is 17.5 Å². The van der Waals surface area contributed by atoms with Crippen molar-refractivity contribution in [3.63, 3.8) is 0 Å². The summed E-state index contributed by atoms with van der Waals surface area (Å²) in [6, 6.07) is 0.648. The van der Waals surface area contributed by atoms with Crippen LogP contribution >= 0.6 is 24.2 Å². The van der Waals surface area contributed by atoms with E-state index in [0.29, 0.717) is 17.0 Å². The molecule has 24 heavy (non-hydrogen) atoms. The summed E-state index contributed by atoms with van der Waals surface area (Å²) in [6.45, 7) is 4.21. The number of hydrogen-bond donors (Lipinski definition) is 2. The van der Waals surface area contributed by atoms with Crippen LogP contribution in [0.25, 0.3) is 0 Å². The molecule has 1 aliphatic carbocycles. The quantitative estimate of drug-likeness (QED) is 0.829. The summed E-state index contributed by atoms with van der Waals surface area (Å²) in [5.74, 6) is 1.08. The van der Waals surface area contributed by atoms with Gasteiger partial charge in [-0.1, -0.05) is 18.6 Å². The molecule has 3 rings (SSSR count). The van der Waals surface area contributed by atoms with Gasteiger partial charge in [0.1, 0.15) is 0 Å². The summed E-state index contributed by atoms with van der Waals surface area (Å²) in [6.07, 6.45) is 8.53. The van der Waals surface area contributed by atoms with E-state index >= 15 is 0 Å². The van der Waals surface area contributed by atoms with Gasteiger partial charge in [0.05, 0.1) is 12.2 Å². The van der Waals surface area contributed by atoms with Crippen LogP contribution in [0.1, 0.15) is 62.0 Å². The van der Waals surface area contributed by atoms with Crippen LogP contribution in [0, 0.1) is 0 Å². The monoisotopic (exact) mass is 373 g/mol. The number of rotatable bonds is 5. The van der Waals surface area contributed by atoms with Crippen molar-refractivity contribution in [3.05, 3.63) is 11.9 Å². The van der Waals surface area contributed by atoms with Gasteiger partial charge in [-0.3, -0.25) is 4.79 Å². The fraction of sp³-hybridized carbons (Fsp3) is 0.812. The van der Waals surface area contributed by atoms with Crippen LogP contribution in [0.3, 0.4) is 0 Å². The molecule has 2 aliphatic rings. The first kappa shape index (κ1) is 19.5. The number of nitrogens with one attached hydrogen (secondary N) is 2. The molecule has 1 aromatic heterocycles. The Morgan fingerprint density at radius 1 is 1.38 bits per heavy atom. The average Bonchev–Trinajstić information content (AvgIpc) is 3.06. The van der Waals surface area contributed by atoms with E-state index in [9.17, 15) is 4.79 Å². The number of carbonyl (C=O) groups is 1. The van der Waals surface area contributed by atoms with E-state index in [4.69, 9.17) is 0 Å². The summed E-state index contributed by atoms with van der Waals surface area (Å²) >= 11 is 2.01. The fourth-order valence-electron chi connectivity index (χ4n) is 3.55. The minimum Gasteiger partial charge on any atom is -0.348 e. The van der Waals surface area contributed by atoms with Gasteiger partial charge in [-0.25, -0.2) is 4.68 Å². The van der Waals surface area contributed by atoms with Crippen molar-refractivity contribution in [2.24, 2.45) is 0 Å². The number of aromatic nitrogens is 3. The van der Waals surface area contributed by atoms with Crippen LogP contribution < -0.4 is 10.6 Å². The minimum atomic E-state index is -0.0719. The molecular formula is C16H28ClN5OS. The third-order valence-electron chi connectivity index (χ3n) is 4.79. The van der Waals surface area contributed by atoms with E-state index in [0.717, 1.165) is 44.5 Å². The van der Waals surface area contributed by atoms with E-state index in [2.05, 4.69) is 27.9 Å². The standard InChI is InChI=1S/C16H27N5OS.ClH/c1-2-23-14-5-3-4-12(10-14)18-16(22)15-11-21(20-19-15)13-6-8-17-9-7-13;/h11-14,17H,2-10H2,1H3,(H,18,22);1H. The molecule has 0 radical (unpaired) electrons. The predicted octanol–water partition coefficient (Wildman–Crippen LogP) is 2.42. The number of thioether (sulfide) groups is 1. The molecule has 2 unspecified atom stereocenters. The lowest BCUT2D eigenvalue weighted by Crippen LogP contribution is -2.39. The largest absolute Gasteiger partial charge is 0.348 e. The van der Waals surface area contributed by atoms with Gasteiger partial charge in [0, 0.05) is 11.3 Å². The van der Waals surface area contributed by atoms with Crippen molar-refractivity contribution in [1.82, 2.24) is 25.6 Å². The van der Waals surface area contributed by atoms with Crippen molar-refractivity contribution in [1.29, 1.82) is 0 Å². The topological polar surface area (TPSA) is 71.8 Å². The molecule has 1 saturated carbocycles. The average molecular weight is 374 g/mol. The van der Waals surface area contributed by atoms with Gasteiger partial charge in [-0.05, 0) is 50.9 Å². The first-order valence-electron chi connectivity index (χ1n) is 8.81. The van der Waals surface area contributed by atoms with E-state index < -0.39 is 0 Å². The van der Waals surface area contributed by atoms with E-state index in [1.54, 1.807) is 0 Å². The lowest BCUT2D eigenvalue weighted by molar-refractivity contribution is 0.0923. The van der Waals surface area contributed by atoms with Crippen LogP contribution in [-0.2, 0) is 0 Å². The molecule has 0 spiro atoms. The SMILES string of the molecule is CCSC1CCCC(NC(=O)c2cn(C3CCNCC3)nn2)C1.Cl. The first-order chi connectivity index (χ1) is 11.3. The van der Waals surface area contributed by atoms with Crippen molar-refractivity contribution in [2.75, 3.05) is 18.8 Å². The van der Waals surface area contributed by atoms with E-state index in [1.165, 1.54) is 12.8 Å². The molecule has 6 nitrogen and oxygen atoms in total. The van der Waals surface area contributed by atoms with Crippen LogP contribution in [-0.4, -0.2) is 51.0 Å². The second-order valence-corrected chi connectivity index (χ2v) is 8.06. The summed E-state index contributed by atoms with van der Waals surface area (Å²) < 4.78 is 1.87. The smallest absolute Gasteiger partial charge is 0.273 e. The summed E-state index contributed by atoms with van der Waals surface area (Å²) in [7, 11) is 0. The molecule has 1 aliphatic heterocycles. The maximum atomic E-state index is 12.4. The van der Waals surface area contributed by atoms with Crippen molar-refractivity contribution in [3.8, 4) is 0 Å². The molecule has 1 amide bonds. The molecule has 2 fully saturated rings.